The van der Waals surface area contributed by atoms with Crippen LogP contribution in [0.4, 0.5) is 0 Å². The van der Waals surface area contributed by atoms with Gasteiger partial charge in [0.2, 0.25) is 0 Å². The van der Waals surface area contributed by atoms with E-state index in [2.05, 4.69) is 0 Å². The van der Waals surface area contributed by atoms with Crippen LogP contribution in [0.2, 0.25) is 0 Å². The van der Waals surface area contributed by atoms with Gasteiger partial charge in [0.1, 0.15) is 0 Å². The lowest BCUT2D eigenvalue weighted by Crippen LogP contribution is -2.38. The third kappa shape index (κ3) is 3.18. The molecule has 108 valence electrons. The molecule has 1 unspecified atom stereocenters. The summed E-state index contributed by atoms with van der Waals surface area (Å²) in [6, 6.07) is 0. The molecular weight excluding hydrogens is 242 g/mol. The number of carbonyl (C=O) groups is 1. The number of hydrogen-bond acceptors (Lipinski definition) is 3. The van der Waals surface area contributed by atoms with E-state index in [-0.39, 0.29) is 18.2 Å². The summed E-state index contributed by atoms with van der Waals surface area (Å²) in [6.07, 6.45) is 5.23. The van der Waals surface area contributed by atoms with Gasteiger partial charge in [-0.2, -0.15) is 0 Å². The number of ether oxygens (including phenoxy) is 2. The van der Waals surface area contributed by atoms with E-state index in [4.69, 9.17) is 9.47 Å². The highest BCUT2D eigenvalue weighted by Crippen LogP contribution is 2.36. The maximum atomic E-state index is 12.4. The van der Waals surface area contributed by atoms with Gasteiger partial charge in [-0.3, -0.25) is 4.79 Å². The van der Waals surface area contributed by atoms with Crippen LogP contribution in [0.15, 0.2) is 11.1 Å². The van der Waals surface area contributed by atoms with E-state index in [1.807, 2.05) is 18.7 Å². The molecule has 0 aromatic carbocycles. The van der Waals surface area contributed by atoms with Gasteiger partial charge in [0.05, 0.1) is 6.10 Å². The van der Waals surface area contributed by atoms with Crippen LogP contribution in [0.25, 0.3) is 0 Å². The van der Waals surface area contributed by atoms with E-state index in [9.17, 15) is 4.79 Å². The van der Waals surface area contributed by atoms with Gasteiger partial charge < -0.3 is 14.4 Å². The Balaban J connectivity index is 1.92. The Labute approximate surface area is 115 Å². The molecule has 1 amide bonds. The second-order valence-electron chi connectivity index (χ2n) is 5.57. The third-order valence-corrected chi connectivity index (χ3v) is 3.83. The Morgan fingerprint density at radius 1 is 1.32 bits per heavy atom. The van der Waals surface area contributed by atoms with Crippen molar-refractivity contribution in [2.75, 3.05) is 20.3 Å². The Hall–Kier alpha value is -0.870. The average molecular weight is 267 g/mol. The first kappa shape index (κ1) is 14.5. The number of rotatable bonds is 6. The third-order valence-electron chi connectivity index (χ3n) is 3.83. The van der Waals surface area contributed by atoms with Gasteiger partial charge in [-0.15, -0.1) is 0 Å². The minimum Gasteiger partial charge on any atom is -0.379 e. The number of nitrogens with zero attached hydrogens (tertiary/aromatic N) is 1. The Kier molecular flexibility index (Phi) is 4.99. The lowest BCUT2D eigenvalue weighted by atomic mass is 9.93. The predicted octanol–water partition coefficient (Wildman–Crippen LogP) is 2.49. The van der Waals surface area contributed by atoms with Crippen molar-refractivity contribution >= 4 is 5.91 Å². The van der Waals surface area contributed by atoms with E-state index in [1.54, 1.807) is 7.11 Å². The SMILES string of the molecule is COC1C2=C(CCCC2)C(=O)N1CCCOC(C)C. The van der Waals surface area contributed by atoms with Crippen LogP contribution in [0, 0.1) is 0 Å². The zero-order chi connectivity index (χ0) is 13.8. The Morgan fingerprint density at radius 3 is 2.74 bits per heavy atom. The second kappa shape index (κ2) is 6.53. The van der Waals surface area contributed by atoms with E-state index >= 15 is 0 Å². The zero-order valence-electron chi connectivity index (χ0n) is 12.3. The summed E-state index contributed by atoms with van der Waals surface area (Å²) in [4.78, 5) is 14.3. The fourth-order valence-electron chi connectivity index (χ4n) is 2.96. The summed E-state index contributed by atoms with van der Waals surface area (Å²) in [7, 11) is 1.69. The molecule has 1 atom stereocenters. The van der Waals surface area contributed by atoms with Crippen LogP contribution in [0.5, 0.6) is 0 Å². The van der Waals surface area contributed by atoms with Crippen molar-refractivity contribution in [2.24, 2.45) is 0 Å². The van der Waals surface area contributed by atoms with Gasteiger partial charge in [-0.25, -0.2) is 0 Å². The number of methoxy groups -OCH3 is 1. The number of hydrogen-bond donors (Lipinski definition) is 0. The first-order valence-electron chi connectivity index (χ1n) is 7.32. The zero-order valence-corrected chi connectivity index (χ0v) is 12.3. The van der Waals surface area contributed by atoms with Crippen LogP contribution in [0.3, 0.4) is 0 Å². The highest BCUT2D eigenvalue weighted by molar-refractivity contribution is 5.97. The van der Waals surface area contributed by atoms with Crippen LogP contribution in [0.1, 0.15) is 46.0 Å². The molecule has 1 aliphatic heterocycles. The summed E-state index contributed by atoms with van der Waals surface area (Å²) in [5, 5.41) is 0. The van der Waals surface area contributed by atoms with Crippen molar-refractivity contribution in [2.45, 2.75) is 58.3 Å². The van der Waals surface area contributed by atoms with Gasteiger partial charge in [0.15, 0.2) is 6.23 Å². The van der Waals surface area contributed by atoms with E-state index in [0.717, 1.165) is 37.8 Å². The minimum absolute atomic E-state index is 0.123. The molecule has 0 N–H and O–H groups in total. The number of carbonyl (C=O) groups excluding carboxylic acids is 1. The number of amides is 1. The first-order valence-corrected chi connectivity index (χ1v) is 7.32. The average Bonchev–Trinajstić information content (AvgIpc) is 2.67. The van der Waals surface area contributed by atoms with Crippen molar-refractivity contribution in [3.05, 3.63) is 11.1 Å². The normalized spacial score (nSPS) is 23.5. The highest BCUT2D eigenvalue weighted by atomic mass is 16.5. The maximum absolute atomic E-state index is 12.4. The quantitative estimate of drug-likeness (QED) is 0.694. The minimum atomic E-state index is -0.123. The molecule has 0 fully saturated rings. The molecule has 0 aromatic heterocycles. The molecule has 0 aromatic rings. The van der Waals surface area contributed by atoms with Crippen molar-refractivity contribution in [3.8, 4) is 0 Å². The topological polar surface area (TPSA) is 38.8 Å². The molecule has 4 heteroatoms. The summed E-state index contributed by atoms with van der Waals surface area (Å²) in [5.74, 6) is 0.186. The van der Waals surface area contributed by atoms with Crippen LogP contribution >= 0.6 is 0 Å². The summed E-state index contributed by atoms with van der Waals surface area (Å²) in [6.45, 7) is 5.47. The molecule has 1 heterocycles. The maximum Gasteiger partial charge on any atom is 0.252 e. The molecule has 4 nitrogen and oxygen atoms in total. The van der Waals surface area contributed by atoms with E-state index in [1.165, 1.54) is 12.0 Å². The largest absolute Gasteiger partial charge is 0.379 e. The monoisotopic (exact) mass is 267 g/mol. The lowest BCUT2D eigenvalue weighted by Gasteiger charge is -2.26. The highest BCUT2D eigenvalue weighted by Gasteiger charge is 2.39. The van der Waals surface area contributed by atoms with Crippen LogP contribution < -0.4 is 0 Å². The van der Waals surface area contributed by atoms with E-state index < -0.39 is 0 Å². The smallest absolute Gasteiger partial charge is 0.252 e. The van der Waals surface area contributed by atoms with Crippen molar-refractivity contribution in [1.82, 2.24) is 4.90 Å². The van der Waals surface area contributed by atoms with Gasteiger partial charge >= 0.3 is 0 Å². The van der Waals surface area contributed by atoms with Gasteiger partial charge in [-0.1, -0.05) is 0 Å². The summed E-state index contributed by atoms with van der Waals surface area (Å²) < 4.78 is 11.1. The van der Waals surface area contributed by atoms with Gasteiger partial charge in [0.25, 0.3) is 5.91 Å². The summed E-state index contributed by atoms with van der Waals surface area (Å²) >= 11 is 0. The molecular formula is C15H25NO3. The molecule has 19 heavy (non-hydrogen) atoms. The fraction of sp³-hybridized carbons (Fsp3) is 0.800. The fourth-order valence-corrected chi connectivity index (χ4v) is 2.96. The molecule has 0 radical (unpaired) electrons. The molecule has 0 saturated carbocycles. The molecule has 2 rings (SSSR count). The Bertz CT molecular complexity index is 362. The van der Waals surface area contributed by atoms with Gasteiger partial charge in [-0.05, 0) is 51.5 Å². The molecule has 1 aliphatic carbocycles. The lowest BCUT2D eigenvalue weighted by molar-refractivity contribution is -0.133. The van der Waals surface area contributed by atoms with Crippen molar-refractivity contribution in [1.29, 1.82) is 0 Å². The van der Waals surface area contributed by atoms with Crippen molar-refractivity contribution < 1.29 is 14.3 Å². The summed E-state index contributed by atoms with van der Waals surface area (Å²) in [5.41, 5.74) is 2.24. The van der Waals surface area contributed by atoms with Crippen molar-refractivity contribution in [3.63, 3.8) is 0 Å². The molecule has 2 aliphatic rings. The molecule has 0 spiro atoms. The predicted molar refractivity (Wildman–Crippen MR) is 73.7 cm³/mol. The first-order chi connectivity index (χ1) is 9.15. The Morgan fingerprint density at radius 2 is 2.05 bits per heavy atom. The van der Waals surface area contributed by atoms with E-state index in [0.29, 0.717) is 6.61 Å². The van der Waals surface area contributed by atoms with Crippen LogP contribution in [-0.2, 0) is 14.3 Å². The van der Waals surface area contributed by atoms with Gasteiger partial charge in [0, 0.05) is 25.8 Å². The molecule has 0 saturated heterocycles. The molecule has 0 bridgehead atoms. The van der Waals surface area contributed by atoms with Crippen LogP contribution in [-0.4, -0.2) is 43.4 Å². The second-order valence-corrected chi connectivity index (χ2v) is 5.57. The standard InChI is InChI=1S/C15H25NO3/c1-11(2)19-10-6-9-16-14(17)12-7-4-5-8-13(12)15(16)18-3/h11,15H,4-10H2,1-3H3.